The smallest absolute Gasteiger partial charge is 0.184 e. The van der Waals surface area contributed by atoms with Crippen LogP contribution in [-0.2, 0) is 6.54 Å². The standard InChI is InChI=1S/C20H17N3OS/c1-24-17-10-9-16(15-7-3-2-4-8-15)19-18(17)23-20(25-19)22-13-14-6-5-11-21-12-14/h2-12H,13H2,1H3,(H,22,23). The lowest BCUT2D eigenvalue weighted by molar-refractivity contribution is 0.419. The first-order chi connectivity index (χ1) is 12.3. The second kappa shape index (κ2) is 6.91. The van der Waals surface area contributed by atoms with E-state index in [0.717, 1.165) is 26.7 Å². The number of thiazole rings is 1. The number of ether oxygens (including phenoxy) is 1. The van der Waals surface area contributed by atoms with Gasteiger partial charge in [0.15, 0.2) is 5.13 Å². The van der Waals surface area contributed by atoms with Crippen molar-refractivity contribution in [2.24, 2.45) is 0 Å². The average Bonchev–Trinajstić information content (AvgIpc) is 3.11. The molecule has 124 valence electrons. The summed E-state index contributed by atoms with van der Waals surface area (Å²) < 4.78 is 6.63. The van der Waals surface area contributed by atoms with Crippen LogP contribution >= 0.6 is 11.3 Å². The fraction of sp³-hybridized carbons (Fsp3) is 0.100. The van der Waals surface area contributed by atoms with Crippen LogP contribution in [0.3, 0.4) is 0 Å². The molecule has 0 aliphatic rings. The predicted octanol–water partition coefficient (Wildman–Crippen LogP) is 4.98. The van der Waals surface area contributed by atoms with Gasteiger partial charge in [-0.05, 0) is 29.3 Å². The highest BCUT2D eigenvalue weighted by Crippen LogP contribution is 2.39. The Morgan fingerprint density at radius 1 is 1.04 bits per heavy atom. The molecule has 0 aliphatic heterocycles. The van der Waals surface area contributed by atoms with Crippen molar-refractivity contribution >= 4 is 26.7 Å². The van der Waals surface area contributed by atoms with E-state index >= 15 is 0 Å². The highest BCUT2D eigenvalue weighted by molar-refractivity contribution is 7.22. The summed E-state index contributed by atoms with van der Waals surface area (Å²) in [4.78, 5) is 8.89. The molecule has 2 heterocycles. The third kappa shape index (κ3) is 3.19. The van der Waals surface area contributed by atoms with Gasteiger partial charge in [-0.2, -0.15) is 0 Å². The Kier molecular flexibility index (Phi) is 4.31. The summed E-state index contributed by atoms with van der Waals surface area (Å²) in [6.07, 6.45) is 3.63. The van der Waals surface area contributed by atoms with Gasteiger partial charge in [-0.1, -0.05) is 47.7 Å². The van der Waals surface area contributed by atoms with Crippen LogP contribution in [0.5, 0.6) is 5.75 Å². The van der Waals surface area contributed by atoms with Crippen molar-refractivity contribution in [3.05, 3.63) is 72.6 Å². The number of hydrogen-bond acceptors (Lipinski definition) is 5. The SMILES string of the molecule is COc1ccc(-c2ccccc2)c2sc(NCc3cccnc3)nc12. The molecule has 2 aromatic carbocycles. The maximum absolute atomic E-state index is 5.50. The summed E-state index contributed by atoms with van der Waals surface area (Å²) in [5, 5.41) is 4.27. The number of aromatic nitrogens is 2. The molecule has 0 fully saturated rings. The number of nitrogens with one attached hydrogen (secondary N) is 1. The van der Waals surface area contributed by atoms with Gasteiger partial charge in [0.1, 0.15) is 11.3 Å². The number of methoxy groups -OCH3 is 1. The lowest BCUT2D eigenvalue weighted by Crippen LogP contribution is -1.98. The van der Waals surface area contributed by atoms with Gasteiger partial charge >= 0.3 is 0 Å². The monoisotopic (exact) mass is 347 g/mol. The largest absolute Gasteiger partial charge is 0.494 e. The average molecular weight is 347 g/mol. The Balaban J connectivity index is 1.73. The molecular formula is C20H17N3OS. The minimum atomic E-state index is 0.691. The van der Waals surface area contributed by atoms with Crippen molar-refractivity contribution in [3.63, 3.8) is 0 Å². The van der Waals surface area contributed by atoms with E-state index in [1.807, 2.05) is 42.6 Å². The molecule has 1 N–H and O–H groups in total. The Labute approximate surface area is 150 Å². The molecule has 2 aromatic heterocycles. The number of rotatable bonds is 5. The van der Waals surface area contributed by atoms with Crippen LogP contribution in [0.25, 0.3) is 21.3 Å². The van der Waals surface area contributed by atoms with Crippen LogP contribution in [0.2, 0.25) is 0 Å². The van der Waals surface area contributed by atoms with Gasteiger partial charge in [-0.3, -0.25) is 4.98 Å². The molecule has 0 radical (unpaired) electrons. The Morgan fingerprint density at radius 2 is 1.92 bits per heavy atom. The normalized spacial score (nSPS) is 10.8. The van der Waals surface area contributed by atoms with Crippen molar-refractivity contribution in [3.8, 4) is 16.9 Å². The third-order valence-corrected chi connectivity index (χ3v) is 5.02. The molecule has 0 bridgehead atoms. The molecule has 0 saturated heterocycles. The van der Waals surface area contributed by atoms with Crippen LogP contribution in [0.4, 0.5) is 5.13 Å². The van der Waals surface area contributed by atoms with Gasteiger partial charge in [0, 0.05) is 24.5 Å². The summed E-state index contributed by atoms with van der Waals surface area (Å²) in [5.74, 6) is 0.792. The Morgan fingerprint density at radius 3 is 2.68 bits per heavy atom. The molecule has 4 aromatic rings. The van der Waals surface area contributed by atoms with Crippen LogP contribution in [0.15, 0.2) is 67.0 Å². The number of hydrogen-bond donors (Lipinski definition) is 1. The minimum absolute atomic E-state index is 0.691. The number of nitrogens with zero attached hydrogens (tertiary/aromatic N) is 2. The number of benzene rings is 2. The van der Waals surface area contributed by atoms with E-state index in [2.05, 4.69) is 28.5 Å². The molecule has 0 amide bonds. The van der Waals surface area contributed by atoms with Crippen molar-refractivity contribution in [2.45, 2.75) is 6.54 Å². The molecule has 0 aliphatic carbocycles. The van der Waals surface area contributed by atoms with Crippen molar-refractivity contribution in [1.29, 1.82) is 0 Å². The highest BCUT2D eigenvalue weighted by Gasteiger charge is 2.14. The second-order valence-corrected chi connectivity index (χ2v) is 6.59. The van der Waals surface area contributed by atoms with Crippen molar-refractivity contribution in [2.75, 3.05) is 12.4 Å². The van der Waals surface area contributed by atoms with Gasteiger partial charge in [0.25, 0.3) is 0 Å². The van der Waals surface area contributed by atoms with E-state index in [4.69, 9.17) is 9.72 Å². The first kappa shape index (κ1) is 15.6. The Hall–Kier alpha value is -2.92. The van der Waals surface area contributed by atoms with Crippen LogP contribution < -0.4 is 10.1 Å². The summed E-state index contributed by atoms with van der Waals surface area (Å²) in [6, 6.07) is 18.4. The maximum Gasteiger partial charge on any atom is 0.184 e. The number of pyridine rings is 1. The predicted molar refractivity (Wildman–Crippen MR) is 103 cm³/mol. The summed E-state index contributed by atoms with van der Waals surface area (Å²) in [6.45, 7) is 0.691. The lowest BCUT2D eigenvalue weighted by Gasteiger charge is -2.05. The van der Waals surface area contributed by atoms with E-state index in [1.54, 1.807) is 24.6 Å². The molecule has 0 unspecified atom stereocenters. The molecule has 4 nitrogen and oxygen atoms in total. The molecule has 25 heavy (non-hydrogen) atoms. The summed E-state index contributed by atoms with van der Waals surface area (Å²) in [7, 11) is 1.68. The van der Waals surface area contributed by atoms with E-state index in [1.165, 1.54) is 11.1 Å². The molecule has 4 rings (SSSR count). The zero-order valence-electron chi connectivity index (χ0n) is 13.8. The van der Waals surface area contributed by atoms with Gasteiger partial charge in [-0.15, -0.1) is 0 Å². The second-order valence-electron chi connectivity index (χ2n) is 5.59. The van der Waals surface area contributed by atoms with Crippen LogP contribution in [0, 0.1) is 0 Å². The number of anilines is 1. The van der Waals surface area contributed by atoms with Crippen LogP contribution in [0.1, 0.15) is 5.56 Å². The zero-order valence-corrected chi connectivity index (χ0v) is 14.6. The summed E-state index contributed by atoms with van der Waals surface area (Å²) in [5.41, 5.74) is 4.36. The lowest BCUT2D eigenvalue weighted by atomic mass is 10.1. The first-order valence-electron chi connectivity index (χ1n) is 8.01. The van der Waals surface area contributed by atoms with Crippen molar-refractivity contribution < 1.29 is 4.74 Å². The molecule has 0 spiro atoms. The van der Waals surface area contributed by atoms with E-state index in [0.29, 0.717) is 6.54 Å². The van der Waals surface area contributed by atoms with E-state index in [9.17, 15) is 0 Å². The minimum Gasteiger partial charge on any atom is -0.494 e. The maximum atomic E-state index is 5.50. The molecular weight excluding hydrogens is 330 g/mol. The first-order valence-corrected chi connectivity index (χ1v) is 8.82. The zero-order chi connectivity index (χ0) is 17.1. The molecule has 5 heteroatoms. The van der Waals surface area contributed by atoms with E-state index in [-0.39, 0.29) is 0 Å². The molecule has 0 atom stereocenters. The quantitative estimate of drug-likeness (QED) is 0.553. The van der Waals surface area contributed by atoms with E-state index < -0.39 is 0 Å². The molecule has 0 saturated carbocycles. The fourth-order valence-corrected chi connectivity index (χ4v) is 3.76. The van der Waals surface area contributed by atoms with Gasteiger partial charge in [0.2, 0.25) is 0 Å². The topological polar surface area (TPSA) is 47.0 Å². The van der Waals surface area contributed by atoms with Crippen LogP contribution in [-0.4, -0.2) is 17.1 Å². The third-order valence-electron chi connectivity index (χ3n) is 3.98. The highest BCUT2D eigenvalue weighted by atomic mass is 32.1. The summed E-state index contributed by atoms with van der Waals surface area (Å²) >= 11 is 1.64. The fourth-order valence-electron chi connectivity index (χ4n) is 2.75. The van der Waals surface area contributed by atoms with Gasteiger partial charge < -0.3 is 10.1 Å². The van der Waals surface area contributed by atoms with Crippen molar-refractivity contribution in [1.82, 2.24) is 9.97 Å². The Bertz CT molecular complexity index is 984. The van der Waals surface area contributed by atoms with Gasteiger partial charge in [-0.25, -0.2) is 4.98 Å². The van der Waals surface area contributed by atoms with Gasteiger partial charge in [0.05, 0.1) is 11.8 Å². The number of fused-ring (bicyclic) bond motifs is 1.